The Morgan fingerprint density at radius 3 is 2.76 bits per heavy atom. The van der Waals surface area contributed by atoms with Crippen LogP contribution in [0.5, 0.6) is 0 Å². The molecule has 0 saturated carbocycles. The molecular weight excluding hydrogens is 268 g/mol. The van der Waals surface area contributed by atoms with Crippen LogP contribution in [0.1, 0.15) is 35.8 Å². The standard InChI is InChI=1S/C16H20N2O3/c1-10(16(20)21)6-5-9-17-15(19)14-11(2)18-13-8-4-3-7-12(13)14/h3-4,7-8,10,18H,5-6,9H2,1-2H3,(H,17,19)(H,20,21). The molecule has 1 aromatic carbocycles. The number of carboxylic acids is 1. The SMILES string of the molecule is Cc1[nH]c2ccccc2c1C(=O)NCCCC(C)C(=O)O. The van der Waals surface area contributed by atoms with Crippen LogP contribution in [0.3, 0.4) is 0 Å². The lowest BCUT2D eigenvalue weighted by Gasteiger charge is -2.07. The number of H-pyrrole nitrogens is 1. The number of rotatable bonds is 6. The molecule has 2 aromatic rings. The largest absolute Gasteiger partial charge is 0.481 e. The lowest BCUT2D eigenvalue weighted by molar-refractivity contribution is -0.141. The molecule has 0 radical (unpaired) electrons. The fraction of sp³-hybridized carbons (Fsp3) is 0.375. The van der Waals surface area contributed by atoms with Gasteiger partial charge >= 0.3 is 5.97 Å². The molecule has 21 heavy (non-hydrogen) atoms. The van der Waals surface area contributed by atoms with Crippen LogP contribution in [0.25, 0.3) is 10.9 Å². The van der Waals surface area contributed by atoms with Crippen LogP contribution in [0.2, 0.25) is 0 Å². The molecular formula is C16H20N2O3. The second-order valence-electron chi connectivity index (χ2n) is 5.31. The Bertz CT molecular complexity index is 661. The minimum atomic E-state index is -0.797. The first kappa shape index (κ1) is 15.1. The van der Waals surface area contributed by atoms with Crippen LogP contribution < -0.4 is 5.32 Å². The summed E-state index contributed by atoms with van der Waals surface area (Å²) in [5.41, 5.74) is 2.45. The third kappa shape index (κ3) is 3.42. The number of carbonyl (C=O) groups is 2. The number of aliphatic carboxylic acids is 1. The van der Waals surface area contributed by atoms with E-state index in [2.05, 4.69) is 10.3 Å². The number of hydrogen-bond acceptors (Lipinski definition) is 2. The lowest BCUT2D eigenvalue weighted by Crippen LogP contribution is -2.25. The van der Waals surface area contributed by atoms with Crippen molar-refractivity contribution < 1.29 is 14.7 Å². The minimum Gasteiger partial charge on any atom is -0.481 e. The Morgan fingerprint density at radius 1 is 1.33 bits per heavy atom. The van der Waals surface area contributed by atoms with Crippen molar-refractivity contribution >= 4 is 22.8 Å². The molecule has 0 aliphatic carbocycles. The molecule has 0 fully saturated rings. The Balaban J connectivity index is 1.97. The van der Waals surface area contributed by atoms with E-state index in [1.807, 2.05) is 31.2 Å². The molecule has 1 heterocycles. The van der Waals surface area contributed by atoms with Crippen LogP contribution in [0, 0.1) is 12.8 Å². The van der Waals surface area contributed by atoms with Gasteiger partial charge in [-0.05, 0) is 25.8 Å². The summed E-state index contributed by atoms with van der Waals surface area (Å²) in [7, 11) is 0. The normalized spacial score (nSPS) is 12.3. The zero-order valence-corrected chi connectivity index (χ0v) is 12.3. The fourth-order valence-corrected chi connectivity index (χ4v) is 2.39. The van der Waals surface area contributed by atoms with Crippen molar-refractivity contribution in [1.82, 2.24) is 10.3 Å². The first-order valence-corrected chi connectivity index (χ1v) is 7.09. The number of aromatic amines is 1. The molecule has 3 N–H and O–H groups in total. The molecule has 0 bridgehead atoms. The van der Waals surface area contributed by atoms with E-state index in [9.17, 15) is 9.59 Å². The molecule has 0 saturated heterocycles. The lowest BCUT2D eigenvalue weighted by atomic mass is 10.1. The zero-order chi connectivity index (χ0) is 15.4. The number of hydrogen-bond donors (Lipinski definition) is 3. The van der Waals surface area contributed by atoms with E-state index < -0.39 is 5.97 Å². The highest BCUT2D eigenvalue weighted by molar-refractivity contribution is 6.08. The summed E-state index contributed by atoms with van der Waals surface area (Å²) in [5, 5.41) is 12.6. The van der Waals surface area contributed by atoms with Gasteiger partial charge in [-0.1, -0.05) is 25.1 Å². The predicted molar refractivity (Wildman–Crippen MR) is 81.4 cm³/mol. The number of carboxylic acid groups (broad SMARTS) is 1. The van der Waals surface area contributed by atoms with Gasteiger partial charge in [0.25, 0.3) is 5.91 Å². The highest BCUT2D eigenvalue weighted by atomic mass is 16.4. The second kappa shape index (κ2) is 6.43. The molecule has 112 valence electrons. The summed E-state index contributed by atoms with van der Waals surface area (Å²) in [6, 6.07) is 7.68. The summed E-state index contributed by atoms with van der Waals surface area (Å²) in [5.74, 6) is -1.29. The van der Waals surface area contributed by atoms with Crippen molar-refractivity contribution in [2.24, 2.45) is 5.92 Å². The van der Waals surface area contributed by atoms with Crippen molar-refractivity contribution in [2.45, 2.75) is 26.7 Å². The van der Waals surface area contributed by atoms with Crippen LogP contribution in [0.15, 0.2) is 24.3 Å². The number of para-hydroxylation sites is 1. The van der Waals surface area contributed by atoms with Gasteiger partial charge in [0.1, 0.15) is 0 Å². The molecule has 2 rings (SSSR count). The first-order chi connectivity index (χ1) is 10.0. The monoisotopic (exact) mass is 288 g/mol. The molecule has 1 aromatic heterocycles. The third-order valence-electron chi connectivity index (χ3n) is 3.64. The van der Waals surface area contributed by atoms with Gasteiger partial charge in [-0.15, -0.1) is 0 Å². The maximum atomic E-state index is 12.3. The van der Waals surface area contributed by atoms with Gasteiger partial charge in [0.2, 0.25) is 0 Å². The van der Waals surface area contributed by atoms with Crippen LogP contribution in [-0.2, 0) is 4.79 Å². The highest BCUT2D eigenvalue weighted by Gasteiger charge is 2.15. The number of nitrogens with one attached hydrogen (secondary N) is 2. The van der Waals surface area contributed by atoms with Gasteiger partial charge in [-0.3, -0.25) is 9.59 Å². The maximum Gasteiger partial charge on any atom is 0.306 e. The van der Waals surface area contributed by atoms with Crippen molar-refractivity contribution in [1.29, 1.82) is 0 Å². The Hall–Kier alpha value is -2.30. The maximum absolute atomic E-state index is 12.3. The minimum absolute atomic E-state index is 0.118. The number of amides is 1. The van der Waals surface area contributed by atoms with E-state index in [0.717, 1.165) is 16.6 Å². The topological polar surface area (TPSA) is 82.2 Å². The number of aryl methyl sites for hydroxylation is 1. The van der Waals surface area contributed by atoms with Gasteiger partial charge in [-0.2, -0.15) is 0 Å². The molecule has 0 spiro atoms. The van der Waals surface area contributed by atoms with Gasteiger partial charge in [-0.25, -0.2) is 0 Å². The quantitative estimate of drug-likeness (QED) is 0.715. The van der Waals surface area contributed by atoms with E-state index in [4.69, 9.17) is 5.11 Å². The van der Waals surface area contributed by atoms with Crippen molar-refractivity contribution in [3.8, 4) is 0 Å². The van der Waals surface area contributed by atoms with Gasteiger partial charge < -0.3 is 15.4 Å². The van der Waals surface area contributed by atoms with Crippen molar-refractivity contribution in [3.05, 3.63) is 35.5 Å². The molecule has 1 atom stereocenters. The Labute approximate surface area is 123 Å². The van der Waals surface area contributed by atoms with Crippen LogP contribution in [-0.4, -0.2) is 28.5 Å². The number of carbonyl (C=O) groups excluding carboxylic acids is 1. The van der Waals surface area contributed by atoms with Crippen LogP contribution in [0.4, 0.5) is 0 Å². The van der Waals surface area contributed by atoms with Gasteiger partial charge in [0, 0.05) is 23.1 Å². The molecule has 1 unspecified atom stereocenters. The van der Waals surface area contributed by atoms with E-state index >= 15 is 0 Å². The van der Waals surface area contributed by atoms with E-state index in [-0.39, 0.29) is 11.8 Å². The summed E-state index contributed by atoms with van der Waals surface area (Å²) in [4.78, 5) is 26.2. The van der Waals surface area contributed by atoms with Gasteiger partial charge in [0.15, 0.2) is 0 Å². The van der Waals surface area contributed by atoms with Crippen molar-refractivity contribution in [3.63, 3.8) is 0 Å². The number of aromatic nitrogens is 1. The highest BCUT2D eigenvalue weighted by Crippen LogP contribution is 2.21. The summed E-state index contributed by atoms with van der Waals surface area (Å²) in [6.07, 6.45) is 1.21. The van der Waals surface area contributed by atoms with E-state index in [1.165, 1.54) is 0 Å². The molecule has 0 aliphatic rings. The molecule has 5 nitrogen and oxygen atoms in total. The number of fused-ring (bicyclic) bond motifs is 1. The fourth-order valence-electron chi connectivity index (χ4n) is 2.39. The zero-order valence-electron chi connectivity index (χ0n) is 12.3. The first-order valence-electron chi connectivity index (χ1n) is 7.09. The van der Waals surface area contributed by atoms with E-state index in [0.29, 0.717) is 24.9 Å². The Morgan fingerprint density at radius 2 is 2.05 bits per heavy atom. The van der Waals surface area contributed by atoms with E-state index in [1.54, 1.807) is 6.92 Å². The number of benzene rings is 1. The summed E-state index contributed by atoms with van der Waals surface area (Å²) < 4.78 is 0. The van der Waals surface area contributed by atoms with Gasteiger partial charge in [0.05, 0.1) is 11.5 Å². The molecule has 0 aliphatic heterocycles. The predicted octanol–water partition coefficient (Wildman–Crippen LogP) is 2.71. The molecule has 5 heteroatoms. The Kier molecular flexibility index (Phi) is 4.62. The average molecular weight is 288 g/mol. The van der Waals surface area contributed by atoms with Crippen LogP contribution >= 0.6 is 0 Å². The summed E-state index contributed by atoms with van der Waals surface area (Å²) >= 11 is 0. The second-order valence-corrected chi connectivity index (χ2v) is 5.31. The third-order valence-corrected chi connectivity index (χ3v) is 3.64. The smallest absolute Gasteiger partial charge is 0.306 e. The van der Waals surface area contributed by atoms with Crippen molar-refractivity contribution in [2.75, 3.05) is 6.54 Å². The average Bonchev–Trinajstić information content (AvgIpc) is 2.78. The molecule has 1 amide bonds. The summed E-state index contributed by atoms with van der Waals surface area (Å²) in [6.45, 7) is 4.03.